The number of carbonyl (C=O) groups excluding carboxylic acids is 1. The van der Waals surface area contributed by atoms with Crippen molar-refractivity contribution in [2.75, 3.05) is 6.54 Å². The van der Waals surface area contributed by atoms with E-state index in [4.69, 9.17) is 4.52 Å². The van der Waals surface area contributed by atoms with Crippen molar-refractivity contribution in [1.82, 2.24) is 15.0 Å². The van der Waals surface area contributed by atoms with Gasteiger partial charge in [0, 0.05) is 17.7 Å². The standard InChI is InChI=1S/C20H17F2N3O2/c21-15-8-4-13(5-9-15)18-23-19(27-24-18)17-3-1-2-12-25(17)20(26)14-6-10-16(22)11-7-14/h4-11,17H,1-3,12H2. The van der Waals surface area contributed by atoms with Gasteiger partial charge in [-0.2, -0.15) is 4.98 Å². The number of halogens is 2. The number of nitrogens with zero attached hydrogens (tertiary/aromatic N) is 3. The molecule has 0 spiro atoms. The molecule has 138 valence electrons. The molecule has 0 bridgehead atoms. The highest BCUT2D eigenvalue weighted by molar-refractivity contribution is 5.94. The third-order valence-electron chi connectivity index (χ3n) is 4.68. The number of aromatic nitrogens is 2. The van der Waals surface area contributed by atoms with Gasteiger partial charge < -0.3 is 9.42 Å². The molecule has 27 heavy (non-hydrogen) atoms. The van der Waals surface area contributed by atoms with Crippen molar-refractivity contribution in [3.63, 3.8) is 0 Å². The molecule has 3 aromatic rings. The van der Waals surface area contributed by atoms with Crippen LogP contribution in [0.4, 0.5) is 8.78 Å². The molecule has 1 saturated heterocycles. The number of amides is 1. The second-order valence-electron chi connectivity index (χ2n) is 6.48. The number of hydrogen-bond acceptors (Lipinski definition) is 4. The fourth-order valence-electron chi connectivity index (χ4n) is 3.28. The van der Waals surface area contributed by atoms with Gasteiger partial charge in [-0.25, -0.2) is 8.78 Å². The van der Waals surface area contributed by atoms with E-state index in [2.05, 4.69) is 10.1 Å². The summed E-state index contributed by atoms with van der Waals surface area (Å²) >= 11 is 0. The molecule has 5 nitrogen and oxygen atoms in total. The van der Waals surface area contributed by atoms with Crippen molar-refractivity contribution >= 4 is 5.91 Å². The van der Waals surface area contributed by atoms with Gasteiger partial charge in [-0.3, -0.25) is 4.79 Å². The predicted molar refractivity (Wildman–Crippen MR) is 93.7 cm³/mol. The Morgan fingerprint density at radius 2 is 1.67 bits per heavy atom. The van der Waals surface area contributed by atoms with E-state index in [1.54, 1.807) is 17.0 Å². The first-order valence-corrected chi connectivity index (χ1v) is 8.78. The molecule has 4 rings (SSSR count). The summed E-state index contributed by atoms with van der Waals surface area (Å²) in [6.45, 7) is 0.565. The molecule has 1 aromatic heterocycles. The molecular weight excluding hydrogens is 352 g/mol. The summed E-state index contributed by atoms with van der Waals surface area (Å²) in [6, 6.07) is 11.0. The van der Waals surface area contributed by atoms with Gasteiger partial charge in [0.05, 0.1) is 0 Å². The lowest BCUT2D eigenvalue weighted by Crippen LogP contribution is -2.38. The highest BCUT2D eigenvalue weighted by Crippen LogP contribution is 2.32. The number of piperidine rings is 1. The molecule has 1 atom stereocenters. The van der Waals surface area contributed by atoms with Gasteiger partial charge in [0.25, 0.3) is 5.91 Å². The van der Waals surface area contributed by atoms with Crippen molar-refractivity contribution in [3.8, 4) is 11.4 Å². The van der Waals surface area contributed by atoms with Crippen molar-refractivity contribution in [3.05, 3.63) is 71.6 Å². The Morgan fingerprint density at radius 1 is 1.00 bits per heavy atom. The number of rotatable bonds is 3. The topological polar surface area (TPSA) is 59.2 Å². The zero-order valence-corrected chi connectivity index (χ0v) is 14.4. The first-order valence-electron chi connectivity index (χ1n) is 8.78. The third kappa shape index (κ3) is 3.58. The van der Waals surface area contributed by atoms with Gasteiger partial charge >= 0.3 is 0 Å². The van der Waals surface area contributed by atoms with Crippen LogP contribution in [-0.2, 0) is 0 Å². The minimum absolute atomic E-state index is 0.193. The Hall–Kier alpha value is -3.09. The van der Waals surface area contributed by atoms with Crippen LogP contribution in [-0.4, -0.2) is 27.5 Å². The van der Waals surface area contributed by atoms with Crippen LogP contribution in [0.2, 0.25) is 0 Å². The Labute approximate surface area is 154 Å². The maximum atomic E-state index is 13.1. The van der Waals surface area contributed by atoms with Crippen molar-refractivity contribution in [2.45, 2.75) is 25.3 Å². The second-order valence-corrected chi connectivity index (χ2v) is 6.48. The number of benzene rings is 2. The minimum Gasteiger partial charge on any atom is -0.337 e. The maximum Gasteiger partial charge on any atom is 0.254 e. The lowest BCUT2D eigenvalue weighted by Gasteiger charge is -2.33. The summed E-state index contributed by atoms with van der Waals surface area (Å²) in [6.07, 6.45) is 2.52. The monoisotopic (exact) mass is 369 g/mol. The first kappa shape index (κ1) is 17.3. The average Bonchev–Trinajstić information content (AvgIpc) is 3.19. The number of carbonyl (C=O) groups is 1. The largest absolute Gasteiger partial charge is 0.337 e. The van der Waals surface area contributed by atoms with E-state index >= 15 is 0 Å². The second kappa shape index (κ2) is 7.26. The average molecular weight is 369 g/mol. The molecule has 2 heterocycles. The van der Waals surface area contributed by atoms with E-state index < -0.39 is 0 Å². The lowest BCUT2D eigenvalue weighted by atomic mass is 10.0. The maximum absolute atomic E-state index is 13.1. The van der Waals surface area contributed by atoms with Gasteiger partial charge in [-0.15, -0.1) is 0 Å². The van der Waals surface area contributed by atoms with Crippen molar-refractivity contribution in [1.29, 1.82) is 0 Å². The van der Waals surface area contributed by atoms with Crippen LogP contribution in [0.25, 0.3) is 11.4 Å². The van der Waals surface area contributed by atoms with Gasteiger partial charge in [0.1, 0.15) is 17.7 Å². The van der Waals surface area contributed by atoms with Crippen LogP contribution in [0.1, 0.15) is 41.6 Å². The molecule has 1 amide bonds. The smallest absolute Gasteiger partial charge is 0.254 e. The molecule has 0 N–H and O–H groups in total. The molecular formula is C20H17F2N3O2. The number of hydrogen-bond donors (Lipinski definition) is 0. The lowest BCUT2D eigenvalue weighted by molar-refractivity contribution is 0.0561. The van der Waals surface area contributed by atoms with Gasteiger partial charge in [0.2, 0.25) is 11.7 Å². The zero-order valence-electron chi connectivity index (χ0n) is 14.4. The van der Waals surface area contributed by atoms with Crippen LogP contribution in [0, 0.1) is 11.6 Å². The molecule has 1 aliphatic rings. The summed E-state index contributed by atoms with van der Waals surface area (Å²) in [7, 11) is 0. The summed E-state index contributed by atoms with van der Waals surface area (Å²) in [4.78, 5) is 19.0. The summed E-state index contributed by atoms with van der Waals surface area (Å²) in [5.41, 5.74) is 1.06. The molecule has 2 aromatic carbocycles. The molecule has 0 aliphatic carbocycles. The normalized spacial score (nSPS) is 17.1. The molecule has 1 unspecified atom stereocenters. The molecule has 1 fully saturated rings. The van der Waals surface area contributed by atoms with Gasteiger partial charge in [-0.05, 0) is 67.8 Å². The van der Waals surface area contributed by atoms with E-state index in [1.807, 2.05) is 0 Å². The fourth-order valence-corrected chi connectivity index (χ4v) is 3.28. The molecule has 0 saturated carbocycles. The molecule has 7 heteroatoms. The van der Waals surface area contributed by atoms with Crippen molar-refractivity contribution < 1.29 is 18.1 Å². The molecule has 0 radical (unpaired) electrons. The Kier molecular flexibility index (Phi) is 4.66. The van der Waals surface area contributed by atoms with E-state index in [0.717, 1.165) is 12.8 Å². The van der Waals surface area contributed by atoms with E-state index in [1.165, 1.54) is 36.4 Å². The van der Waals surface area contributed by atoms with Crippen LogP contribution in [0.5, 0.6) is 0 Å². The molecule has 1 aliphatic heterocycles. The summed E-state index contributed by atoms with van der Waals surface area (Å²) in [5.74, 6) is -0.219. The van der Waals surface area contributed by atoms with Crippen LogP contribution in [0.3, 0.4) is 0 Å². The van der Waals surface area contributed by atoms with Crippen LogP contribution >= 0.6 is 0 Å². The Balaban J connectivity index is 1.60. The van der Waals surface area contributed by atoms with Gasteiger partial charge in [-0.1, -0.05) is 5.16 Å². The highest BCUT2D eigenvalue weighted by Gasteiger charge is 2.32. The fraction of sp³-hybridized carbons (Fsp3) is 0.250. The van der Waals surface area contributed by atoms with E-state index in [0.29, 0.717) is 35.8 Å². The van der Waals surface area contributed by atoms with E-state index in [-0.39, 0.29) is 23.6 Å². The first-order chi connectivity index (χ1) is 13.1. The zero-order chi connectivity index (χ0) is 18.8. The Bertz CT molecular complexity index is 939. The summed E-state index contributed by atoms with van der Waals surface area (Å²) < 4.78 is 31.6. The van der Waals surface area contributed by atoms with E-state index in [9.17, 15) is 13.6 Å². The number of likely N-dealkylation sites (tertiary alicyclic amines) is 1. The van der Waals surface area contributed by atoms with Gasteiger partial charge in [0.15, 0.2) is 0 Å². The Morgan fingerprint density at radius 3 is 2.37 bits per heavy atom. The summed E-state index contributed by atoms with van der Waals surface area (Å²) in [5, 5.41) is 3.97. The third-order valence-corrected chi connectivity index (χ3v) is 4.68. The van der Waals surface area contributed by atoms with Crippen molar-refractivity contribution in [2.24, 2.45) is 0 Å². The van der Waals surface area contributed by atoms with Crippen LogP contribution in [0.15, 0.2) is 53.1 Å². The quantitative estimate of drug-likeness (QED) is 0.687. The highest BCUT2D eigenvalue weighted by atomic mass is 19.1. The van der Waals surface area contributed by atoms with Crippen LogP contribution < -0.4 is 0 Å². The minimum atomic E-state index is -0.386. The SMILES string of the molecule is O=C(c1ccc(F)cc1)N1CCCCC1c1nc(-c2ccc(F)cc2)no1. The predicted octanol–water partition coefficient (Wildman–Crippen LogP) is 4.38.